The maximum Gasteiger partial charge on any atom is 0.407 e. The first-order valence-electron chi connectivity index (χ1n) is 11.8. The Labute approximate surface area is 202 Å². The number of fused-ring (bicyclic) bond motifs is 1. The van der Waals surface area contributed by atoms with Gasteiger partial charge in [-0.05, 0) is 42.7 Å². The quantitative estimate of drug-likeness (QED) is 0.407. The number of aromatic nitrogens is 3. The van der Waals surface area contributed by atoms with Gasteiger partial charge in [0, 0.05) is 24.5 Å². The van der Waals surface area contributed by atoms with Crippen LogP contribution in [0, 0.1) is 5.41 Å². The third-order valence-electron chi connectivity index (χ3n) is 7.68. The molecule has 1 saturated heterocycles. The largest absolute Gasteiger partial charge is 0.465 e. The van der Waals surface area contributed by atoms with Gasteiger partial charge in [0.05, 0.1) is 6.04 Å². The molecule has 1 aliphatic carbocycles. The Morgan fingerprint density at radius 3 is 2.46 bits per heavy atom. The number of anilines is 1. The summed E-state index contributed by atoms with van der Waals surface area (Å²) in [7, 11) is 0. The number of aliphatic hydroxyl groups is 1. The van der Waals surface area contributed by atoms with E-state index >= 15 is 0 Å². The summed E-state index contributed by atoms with van der Waals surface area (Å²) >= 11 is 0. The second-order valence-corrected chi connectivity index (χ2v) is 10.00. The number of hydrogen-bond donors (Lipinski definition) is 3. The van der Waals surface area contributed by atoms with Crippen molar-refractivity contribution < 1.29 is 15.0 Å². The lowest BCUT2D eigenvalue weighted by atomic mass is 9.87. The predicted octanol–water partition coefficient (Wildman–Crippen LogP) is 4.44. The van der Waals surface area contributed by atoms with E-state index < -0.39 is 11.7 Å². The van der Waals surface area contributed by atoms with Gasteiger partial charge in [-0.3, -0.25) is 9.30 Å². The summed E-state index contributed by atoms with van der Waals surface area (Å²) in [4.78, 5) is 22.8. The summed E-state index contributed by atoms with van der Waals surface area (Å²) in [5.41, 5.74) is 8.93. The van der Waals surface area contributed by atoms with Crippen molar-refractivity contribution in [3.63, 3.8) is 0 Å². The average Bonchev–Trinajstić information content (AvgIpc) is 3.33. The van der Waals surface area contributed by atoms with Crippen molar-refractivity contribution in [1.82, 2.24) is 19.3 Å². The summed E-state index contributed by atoms with van der Waals surface area (Å²) in [6.07, 6.45) is 5.35. The highest BCUT2D eigenvalue weighted by Crippen LogP contribution is 2.58. The summed E-state index contributed by atoms with van der Waals surface area (Å²) in [6, 6.07) is 16.8. The van der Waals surface area contributed by atoms with E-state index in [4.69, 9.17) is 10.7 Å². The van der Waals surface area contributed by atoms with Gasteiger partial charge in [-0.1, -0.05) is 54.6 Å². The molecule has 8 nitrogen and oxygen atoms in total. The molecule has 0 radical (unpaired) electrons. The summed E-state index contributed by atoms with van der Waals surface area (Å²) in [5.74, 6) is 0.998. The molecule has 35 heavy (non-hydrogen) atoms. The van der Waals surface area contributed by atoms with Crippen molar-refractivity contribution in [2.24, 2.45) is 5.41 Å². The number of nitrogens with zero attached hydrogens (tertiary/aromatic N) is 4. The number of hydrogen-bond acceptors (Lipinski definition) is 5. The third-order valence-corrected chi connectivity index (χ3v) is 7.68. The second-order valence-electron chi connectivity index (χ2n) is 10.00. The molecular weight excluding hydrogens is 442 g/mol. The Hall–Kier alpha value is -3.91. The van der Waals surface area contributed by atoms with Crippen molar-refractivity contribution in [3.8, 4) is 11.3 Å². The molecule has 1 aliphatic heterocycles. The molecule has 4 aromatic rings. The van der Waals surface area contributed by atoms with Crippen molar-refractivity contribution in [3.05, 3.63) is 83.9 Å². The van der Waals surface area contributed by atoms with E-state index in [9.17, 15) is 15.0 Å². The molecule has 2 aliphatic rings. The molecule has 1 spiro atoms. The van der Waals surface area contributed by atoms with Gasteiger partial charge in [0.1, 0.15) is 28.5 Å². The van der Waals surface area contributed by atoms with Crippen molar-refractivity contribution in [2.75, 3.05) is 12.3 Å². The van der Waals surface area contributed by atoms with Crippen LogP contribution >= 0.6 is 0 Å². The van der Waals surface area contributed by atoms with Crippen LogP contribution in [0.25, 0.3) is 16.8 Å². The van der Waals surface area contributed by atoms with E-state index in [-0.39, 0.29) is 11.5 Å². The molecule has 2 aromatic carbocycles. The maximum absolute atomic E-state index is 12.1. The zero-order chi connectivity index (χ0) is 24.4. The van der Waals surface area contributed by atoms with E-state index in [1.807, 2.05) is 59.0 Å². The number of carboxylic acid groups (broad SMARTS) is 1. The number of carbonyl (C=O) groups is 1. The number of likely N-dealkylation sites (tertiary alicyclic amines) is 1. The molecule has 1 saturated carbocycles. The monoisotopic (exact) mass is 469 g/mol. The van der Waals surface area contributed by atoms with Crippen LogP contribution in [-0.2, 0) is 5.60 Å². The average molecular weight is 470 g/mol. The minimum atomic E-state index is -1.15. The van der Waals surface area contributed by atoms with Crippen LogP contribution < -0.4 is 5.73 Å². The lowest BCUT2D eigenvalue weighted by Gasteiger charge is -2.24. The number of benzene rings is 2. The van der Waals surface area contributed by atoms with Gasteiger partial charge < -0.3 is 15.9 Å². The van der Waals surface area contributed by atoms with Gasteiger partial charge in [0.25, 0.3) is 0 Å². The molecule has 3 heterocycles. The minimum absolute atomic E-state index is 0.0816. The van der Waals surface area contributed by atoms with Crippen molar-refractivity contribution in [2.45, 2.75) is 37.8 Å². The van der Waals surface area contributed by atoms with Gasteiger partial charge in [0.2, 0.25) is 0 Å². The third kappa shape index (κ3) is 3.44. The van der Waals surface area contributed by atoms with Crippen LogP contribution in [-0.4, -0.2) is 42.1 Å². The molecule has 6 rings (SSSR count). The van der Waals surface area contributed by atoms with Gasteiger partial charge in [-0.25, -0.2) is 14.8 Å². The Morgan fingerprint density at radius 2 is 1.80 bits per heavy atom. The zero-order valence-corrected chi connectivity index (χ0v) is 19.4. The molecule has 4 N–H and O–H groups in total. The topological polar surface area (TPSA) is 117 Å². The van der Waals surface area contributed by atoms with Crippen LogP contribution in [0.15, 0.2) is 67.0 Å². The fraction of sp³-hybridized carbons (Fsp3) is 0.296. The van der Waals surface area contributed by atoms with Gasteiger partial charge in [-0.2, -0.15) is 0 Å². The molecule has 2 aromatic heterocycles. The highest BCUT2D eigenvalue weighted by molar-refractivity contribution is 5.85. The number of rotatable bonds is 4. The smallest absolute Gasteiger partial charge is 0.407 e. The molecule has 1 amide bonds. The van der Waals surface area contributed by atoms with E-state index in [1.54, 1.807) is 19.3 Å². The van der Waals surface area contributed by atoms with Gasteiger partial charge in [-0.15, -0.1) is 0 Å². The van der Waals surface area contributed by atoms with Gasteiger partial charge in [0.15, 0.2) is 0 Å². The van der Waals surface area contributed by atoms with E-state index in [2.05, 4.69) is 4.98 Å². The standard InChI is InChI=1S/C27H27N5O3/c1-26(35,18-5-3-2-4-6-18)19-9-7-17(8-10-19)21-22-23(28)29-13-14-31(22)24(30-21)20-15-27(11-12-27)16-32(20)25(33)34/h2-10,13-14,20,35H,11-12,15-16H2,1H3,(H2,28,29)(H,33,34)/t20-,26?/m0/s1. The SMILES string of the molecule is CC(O)(c1ccccc1)c1ccc(-c2nc([C@@H]3CC4(CC4)CN3C(=O)O)n3ccnc(N)c23)cc1. The van der Waals surface area contributed by atoms with Crippen LogP contribution in [0.1, 0.15) is 49.2 Å². The first-order chi connectivity index (χ1) is 16.8. The molecule has 0 bridgehead atoms. The Bertz CT molecular complexity index is 1420. The molecule has 1 unspecified atom stereocenters. The number of nitrogen functional groups attached to an aromatic ring is 1. The van der Waals surface area contributed by atoms with Crippen LogP contribution in [0.2, 0.25) is 0 Å². The summed E-state index contributed by atoms with van der Waals surface area (Å²) in [6.45, 7) is 2.32. The molecule has 178 valence electrons. The highest BCUT2D eigenvalue weighted by Gasteiger charge is 2.54. The lowest BCUT2D eigenvalue weighted by molar-refractivity contribution is 0.102. The first kappa shape index (κ1) is 21.6. The molecule has 8 heteroatoms. The van der Waals surface area contributed by atoms with E-state index in [1.165, 1.54) is 4.90 Å². The number of amides is 1. The van der Waals surface area contributed by atoms with Crippen LogP contribution in [0.3, 0.4) is 0 Å². The summed E-state index contributed by atoms with van der Waals surface area (Å²) in [5, 5.41) is 21.1. The Morgan fingerprint density at radius 1 is 1.11 bits per heavy atom. The van der Waals surface area contributed by atoms with E-state index in [0.29, 0.717) is 29.4 Å². The minimum Gasteiger partial charge on any atom is -0.465 e. The fourth-order valence-corrected chi connectivity index (χ4v) is 5.43. The lowest BCUT2D eigenvalue weighted by Crippen LogP contribution is -2.30. The number of nitrogens with two attached hydrogens (primary N) is 1. The maximum atomic E-state index is 12.1. The Balaban J connectivity index is 1.43. The first-order valence-corrected chi connectivity index (χ1v) is 11.8. The Kier molecular flexibility index (Phi) is 4.66. The second kappa shape index (κ2) is 7.55. The van der Waals surface area contributed by atoms with Crippen molar-refractivity contribution >= 4 is 17.4 Å². The fourth-order valence-electron chi connectivity index (χ4n) is 5.43. The molecule has 2 atom stereocenters. The molecule has 2 fully saturated rings. The normalized spacial score (nSPS) is 20.3. The summed E-state index contributed by atoms with van der Waals surface area (Å²) < 4.78 is 1.88. The molecular formula is C27H27N5O3. The van der Waals surface area contributed by atoms with Gasteiger partial charge >= 0.3 is 6.09 Å². The van der Waals surface area contributed by atoms with Crippen LogP contribution in [0.4, 0.5) is 10.6 Å². The van der Waals surface area contributed by atoms with Crippen LogP contribution in [0.5, 0.6) is 0 Å². The predicted molar refractivity (Wildman–Crippen MR) is 132 cm³/mol. The van der Waals surface area contributed by atoms with Crippen molar-refractivity contribution in [1.29, 1.82) is 0 Å². The van der Waals surface area contributed by atoms with E-state index in [0.717, 1.165) is 36.0 Å². The highest BCUT2D eigenvalue weighted by atomic mass is 16.4. The zero-order valence-electron chi connectivity index (χ0n) is 19.4. The number of imidazole rings is 1.